The molecule has 1 saturated heterocycles. The molecule has 3 aromatic rings. The van der Waals surface area contributed by atoms with Gasteiger partial charge in [-0.25, -0.2) is 4.98 Å². The molecule has 0 bridgehead atoms. The number of thiazole rings is 1. The van der Waals surface area contributed by atoms with Crippen LogP contribution in [0.4, 0.5) is 0 Å². The second-order valence-corrected chi connectivity index (χ2v) is 8.20. The van der Waals surface area contributed by atoms with Crippen molar-refractivity contribution in [3.8, 4) is 5.19 Å². The third kappa shape index (κ3) is 4.09. The van der Waals surface area contributed by atoms with Crippen LogP contribution >= 0.6 is 11.3 Å². The van der Waals surface area contributed by atoms with Gasteiger partial charge >= 0.3 is 0 Å². The predicted octanol–water partition coefficient (Wildman–Crippen LogP) is 5.00. The number of aryl methyl sites for hydroxylation is 2. The average Bonchev–Trinajstić information content (AvgIpc) is 3.15. The minimum Gasteiger partial charge on any atom is -0.467 e. The molecule has 0 spiro atoms. The molecule has 1 aliphatic heterocycles. The van der Waals surface area contributed by atoms with Crippen molar-refractivity contribution in [2.24, 2.45) is 0 Å². The van der Waals surface area contributed by atoms with Gasteiger partial charge in [0.1, 0.15) is 6.10 Å². The van der Waals surface area contributed by atoms with E-state index in [1.54, 1.807) is 17.4 Å². The molecule has 0 aliphatic carbocycles. The number of carbonyl (C=O) groups is 1. The van der Waals surface area contributed by atoms with E-state index >= 15 is 0 Å². The summed E-state index contributed by atoms with van der Waals surface area (Å²) in [6.45, 7) is 5.62. The van der Waals surface area contributed by atoms with Crippen LogP contribution < -0.4 is 4.74 Å². The van der Waals surface area contributed by atoms with E-state index in [0.717, 1.165) is 29.1 Å². The Kier molecular flexibility index (Phi) is 5.44. The van der Waals surface area contributed by atoms with E-state index < -0.39 is 0 Å². The number of piperidine rings is 1. The zero-order chi connectivity index (χ0) is 19.5. The Morgan fingerprint density at radius 2 is 1.82 bits per heavy atom. The van der Waals surface area contributed by atoms with Crippen LogP contribution in [0.5, 0.6) is 5.19 Å². The van der Waals surface area contributed by atoms with E-state index in [1.165, 1.54) is 15.8 Å². The van der Waals surface area contributed by atoms with Crippen molar-refractivity contribution in [1.29, 1.82) is 0 Å². The third-order valence-corrected chi connectivity index (χ3v) is 6.24. The molecule has 1 aromatic heterocycles. The first kappa shape index (κ1) is 18.7. The summed E-state index contributed by atoms with van der Waals surface area (Å²) in [5, 5.41) is 0.737. The average molecular weight is 393 g/mol. The Bertz CT molecular complexity index is 963. The molecule has 4 nitrogen and oxygen atoms in total. The topological polar surface area (TPSA) is 42.4 Å². The minimum atomic E-state index is 0.0635. The van der Waals surface area contributed by atoms with Gasteiger partial charge in [-0.15, -0.1) is 0 Å². The van der Waals surface area contributed by atoms with Crippen molar-refractivity contribution in [3.63, 3.8) is 0 Å². The summed E-state index contributed by atoms with van der Waals surface area (Å²) < 4.78 is 7.36. The van der Waals surface area contributed by atoms with Crippen LogP contribution in [0.3, 0.4) is 0 Å². The monoisotopic (exact) mass is 392 g/mol. The predicted molar refractivity (Wildman–Crippen MR) is 115 cm³/mol. The van der Waals surface area contributed by atoms with Crippen LogP contribution in [0.25, 0.3) is 16.3 Å². The number of hydrogen-bond donors (Lipinski definition) is 0. The van der Waals surface area contributed by atoms with E-state index in [0.29, 0.717) is 13.1 Å². The summed E-state index contributed by atoms with van der Waals surface area (Å²) >= 11 is 1.62. The number of ether oxygens (including phenoxy) is 1. The van der Waals surface area contributed by atoms with E-state index in [2.05, 4.69) is 31.0 Å². The Morgan fingerprint density at radius 1 is 1.11 bits per heavy atom. The first-order valence-electron chi connectivity index (χ1n) is 9.65. The number of amides is 1. The summed E-state index contributed by atoms with van der Waals surface area (Å²) in [6, 6.07) is 14.1. The fourth-order valence-corrected chi connectivity index (χ4v) is 4.49. The van der Waals surface area contributed by atoms with Gasteiger partial charge in [0.05, 0.1) is 10.2 Å². The van der Waals surface area contributed by atoms with E-state index in [4.69, 9.17) is 4.74 Å². The standard InChI is InChI=1S/C23H24N2O2S/c1-16-8-9-17(2)22-21(16)24-23(28-22)27-19-12-14-25(15-13-19)20(26)11-10-18-6-4-3-5-7-18/h3-11,19H,12-15H2,1-2H3/b11-10+. The van der Waals surface area contributed by atoms with E-state index in [-0.39, 0.29) is 12.0 Å². The van der Waals surface area contributed by atoms with Crippen molar-refractivity contribution < 1.29 is 9.53 Å². The Hall–Kier alpha value is -2.66. The number of benzene rings is 2. The highest BCUT2D eigenvalue weighted by molar-refractivity contribution is 7.20. The summed E-state index contributed by atoms with van der Waals surface area (Å²) in [4.78, 5) is 19.0. The highest BCUT2D eigenvalue weighted by atomic mass is 32.1. The minimum absolute atomic E-state index is 0.0635. The zero-order valence-electron chi connectivity index (χ0n) is 16.2. The third-order valence-electron chi connectivity index (χ3n) is 5.16. The SMILES string of the molecule is Cc1ccc(C)c2sc(OC3CCN(C(=O)/C=C/c4ccccc4)CC3)nc12. The lowest BCUT2D eigenvalue weighted by molar-refractivity contribution is -0.127. The lowest BCUT2D eigenvalue weighted by Gasteiger charge is -2.30. The number of likely N-dealkylation sites (tertiary alicyclic amines) is 1. The van der Waals surface area contributed by atoms with Gasteiger partial charge < -0.3 is 9.64 Å². The molecule has 28 heavy (non-hydrogen) atoms. The van der Waals surface area contributed by atoms with E-state index in [9.17, 15) is 4.79 Å². The lowest BCUT2D eigenvalue weighted by Crippen LogP contribution is -2.41. The van der Waals surface area contributed by atoms with Crippen molar-refractivity contribution in [1.82, 2.24) is 9.88 Å². The molecule has 0 N–H and O–H groups in total. The molecule has 0 unspecified atom stereocenters. The fourth-order valence-electron chi connectivity index (χ4n) is 3.46. The maximum atomic E-state index is 12.4. The first-order valence-corrected chi connectivity index (χ1v) is 10.5. The summed E-state index contributed by atoms with van der Waals surface area (Å²) in [5.74, 6) is 0.0635. The second-order valence-electron chi connectivity index (χ2n) is 7.24. The largest absolute Gasteiger partial charge is 0.467 e. The maximum absolute atomic E-state index is 12.4. The zero-order valence-corrected chi connectivity index (χ0v) is 17.0. The summed E-state index contributed by atoms with van der Waals surface area (Å²) in [6.07, 6.45) is 5.31. The molecule has 1 aliphatic rings. The number of hydrogen-bond acceptors (Lipinski definition) is 4. The van der Waals surface area contributed by atoms with Crippen LogP contribution in [0.1, 0.15) is 29.5 Å². The lowest BCUT2D eigenvalue weighted by atomic mass is 10.1. The van der Waals surface area contributed by atoms with Crippen LogP contribution in [0.2, 0.25) is 0 Å². The van der Waals surface area contributed by atoms with Gasteiger partial charge in [0, 0.05) is 32.0 Å². The van der Waals surface area contributed by atoms with Crippen molar-refractivity contribution in [2.75, 3.05) is 13.1 Å². The number of nitrogens with zero attached hydrogens (tertiary/aromatic N) is 2. The molecular weight excluding hydrogens is 368 g/mol. The normalized spacial score (nSPS) is 15.4. The molecule has 1 amide bonds. The number of fused-ring (bicyclic) bond motifs is 1. The molecular formula is C23H24N2O2S. The molecule has 1 fully saturated rings. The van der Waals surface area contributed by atoms with Gasteiger partial charge in [0.15, 0.2) is 0 Å². The Labute approximate surface area is 169 Å². The first-order chi connectivity index (χ1) is 13.6. The second kappa shape index (κ2) is 8.15. The number of carbonyl (C=O) groups excluding carboxylic acids is 1. The number of rotatable bonds is 4. The van der Waals surface area contributed by atoms with E-state index in [1.807, 2.05) is 41.3 Å². The molecule has 0 atom stereocenters. The highest BCUT2D eigenvalue weighted by Gasteiger charge is 2.24. The molecule has 0 saturated carbocycles. The summed E-state index contributed by atoms with van der Waals surface area (Å²) in [5.41, 5.74) is 4.49. The highest BCUT2D eigenvalue weighted by Crippen LogP contribution is 2.33. The van der Waals surface area contributed by atoms with Crippen LogP contribution in [0.15, 0.2) is 48.5 Å². The molecule has 5 heteroatoms. The maximum Gasteiger partial charge on any atom is 0.274 e. The fraction of sp³-hybridized carbons (Fsp3) is 0.304. The molecule has 2 aromatic carbocycles. The van der Waals surface area contributed by atoms with Gasteiger partial charge in [0.2, 0.25) is 5.91 Å². The van der Waals surface area contributed by atoms with Gasteiger partial charge in [-0.1, -0.05) is 53.8 Å². The smallest absolute Gasteiger partial charge is 0.274 e. The van der Waals surface area contributed by atoms with Gasteiger partial charge in [-0.05, 0) is 36.6 Å². The number of aromatic nitrogens is 1. The van der Waals surface area contributed by atoms with Crippen molar-refractivity contribution >= 4 is 33.5 Å². The van der Waals surface area contributed by atoms with Gasteiger partial charge in [-0.2, -0.15) is 0 Å². The van der Waals surface area contributed by atoms with Crippen molar-refractivity contribution in [2.45, 2.75) is 32.8 Å². The molecule has 2 heterocycles. The van der Waals surface area contributed by atoms with Crippen LogP contribution in [-0.2, 0) is 4.79 Å². The Balaban J connectivity index is 1.34. The summed E-state index contributed by atoms with van der Waals surface area (Å²) in [7, 11) is 0. The van der Waals surface area contributed by atoms with Crippen LogP contribution in [0, 0.1) is 13.8 Å². The molecule has 4 rings (SSSR count). The van der Waals surface area contributed by atoms with Crippen LogP contribution in [-0.4, -0.2) is 35.0 Å². The van der Waals surface area contributed by atoms with Gasteiger partial charge in [0.25, 0.3) is 5.19 Å². The molecule has 0 radical (unpaired) electrons. The Morgan fingerprint density at radius 3 is 2.54 bits per heavy atom. The van der Waals surface area contributed by atoms with Crippen molar-refractivity contribution in [3.05, 3.63) is 65.2 Å². The van der Waals surface area contributed by atoms with Gasteiger partial charge in [-0.3, -0.25) is 4.79 Å². The quantitative estimate of drug-likeness (QED) is 0.587. The molecule has 144 valence electrons.